The Hall–Kier alpha value is -1.67. The Balaban J connectivity index is 1.98. The average Bonchev–Trinajstić information content (AvgIpc) is 2.43. The minimum absolute atomic E-state index is 0.197. The lowest BCUT2D eigenvalue weighted by molar-refractivity contribution is -0.0704. The van der Waals surface area contributed by atoms with Crippen LogP contribution in [0.15, 0.2) is 36.4 Å². The minimum atomic E-state index is -0.205. The van der Waals surface area contributed by atoms with E-state index in [0.717, 1.165) is 30.2 Å². The zero-order chi connectivity index (χ0) is 14.2. The Morgan fingerprint density at radius 2 is 1.85 bits per heavy atom. The molecular weight excluding hydrogens is 248 g/mol. The van der Waals surface area contributed by atoms with Crippen LogP contribution in [-0.4, -0.2) is 18.5 Å². The SMILES string of the molecule is COC1(CC(=O)c2ccc(C)c3ccccc23)CCC1. The summed E-state index contributed by atoms with van der Waals surface area (Å²) in [7, 11) is 1.72. The molecule has 3 rings (SSSR count). The van der Waals surface area contributed by atoms with Crippen LogP contribution in [0.3, 0.4) is 0 Å². The number of hydrogen-bond acceptors (Lipinski definition) is 2. The highest BCUT2D eigenvalue weighted by Gasteiger charge is 2.39. The molecule has 1 aliphatic rings. The standard InChI is InChI=1S/C18H20O2/c1-13-8-9-16(15-7-4-3-6-14(13)15)17(19)12-18(20-2)10-5-11-18/h3-4,6-9H,5,10-12H2,1-2H3. The molecule has 0 heterocycles. The molecule has 1 aliphatic carbocycles. The lowest BCUT2D eigenvalue weighted by atomic mass is 9.75. The van der Waals surface area contributed by atoms with Gasteiger partial charge in [0, 0.05) is 19.1 Å². The van der Waals surface area contributed by atoms with Gasteiger partial charge in [-0.15, -0.1) is 0 Å². The second kappa shape index (κ2) is 5.02. The molecule has 2 nitrogen and oxygen atoms in total. The largest absolute Gasteiger partial charge is 0.378 e. The van der Waals surface area contributed by atoms with Gasteiger partial charge in [0.2, 0.25) is 0 Å². The highest BCUT2D eigenvalue weighted by Crippen LogP contribution is 2.39. The number of Topliss-reactive ketones (excluding diaryl/α,β-unsaturated/α-hetero) is 1. The topological polar surface area (TPSA) is 26.3 Å². The highest BCUT2D eigenvalue weighted by atomic mass is 16.5. The van der Waals surface area contributed by atoms with Crippen molar-refractivity contribution in [2.75, 3.05) is 7.11 Å². The first-order valence-corrected chi connectivity index (χ1v) is 7.22. The van der Waals surface area contributed by atoms with Crippen molar-refractivity contribution in [3.05, 3.63) is 47.5 Å². The first kappa shape index (κ1) is 13.3. The summed E-state index contributed by atoms with van der Waals surface area (Å²) in [6, 6.07) is 12.1. The molecule has 0 amide bonds. The van der Waals surface area contributed by atoms with E-state index in [2.05, 4.69) is 13.0 Å². The molecule has 1 saturated carbocycles. The predicted octanol–water partition coefficient (Wildman–Crippen LogP) is 4.29. The molecule has 20 heavy (non-hydrogen) atoms. The number of carbonyl (C=O) groups is 1. The second-order valence-corrected chi connectivity index (χ2v) is 5.82. The molecule has 0 radical (unpaired) electrons. The van der Waals surface area contributed by atoms with Crippen LogP contribution < -0.4 is 0 Å². The van der Waals surface area contributed by atoms with Crippen molar-refractivity contribution < 1.29 is 9.53 Å². The van der Waals surface area contributed by atoms with Crippen LogP contribution in [0.2, 0.25) is 0 Å². The van der Waals surface area contributed by atoms with Crippen molar-refractivity contribution in [2.45, 2.75) is 38.2 Å². The third-order valence-corrected chi connectivity index (χ3v) is 4.62. The van der Waals surface area contributed by atoms with Gasteiger partial charge in [-0.2, -0.15) is 0 Å². The number of methoxy groups -OCH3 is 1. The summed E-state index contributed by atoms with van der Waals surface area (Å²) in [5, 5.41) is 2.22. The van der Waals surface area contributed by atoms with E-state index in [4.69, 9.17) is 4.74 Å². The monoisotopic (exact) mass is 268 g/mol. The van der Waals surface area contributed by atoms with E-state index in [9.17, 15) is 4.79 Å². The molecule has 104 valence electrons. The normalized spacial score (nSPS) is 16.9. The van der Waals surface area contributed by atoms with Crippen LogP contribution in [0, 0.1) is 6.92 Å². The maximum absolute atomic E-state index is 12.7. The fourth-order valence-corrected chi connectivity index (χ4v) is 3.10. The van der Waals surface area contributed by atoms with Crippen molar-refractivity contribution in [1.82, 2.24) is 0 Å². The van der Waals surface area contributed by atoms with Crippen LogP contribution >= 0.6 is 0 Å². The van der Waals surface area contributed by atoms with Crippen LogP contribution in [0.1, 0.15) is 41.6 Å². The van der Waals surface area contributed by atoms with Gasteiger partial charge in [-0.25, -0.2) is 0 Å². The number of ketones is 1. The summed E-state index contributed by atoms with van der Waals surface area (Å²) in [5.41, 5.74) is 1.83. The Labute approximate surface area is 119 Å². The van der Waals surface area contributed by atoms with E-state index < -0.39 is 0 Å². The smallest absolute Gasteiger partial charge is 0.166 e. The van der Waals surface area contributed by atoms with Crippen molar-refractivity contribution in [3.8, 4) is 0 Å². The number of carbonyl (C=O) groups excluding carboxylic acids is 1. The van der Waals surface area contributed by atoms with E-state index in [1.54, 1.807) is 7.11 Å². The number of ether oxygens (including phenoxy) is 1. The number of hydrogen-bond donors (Lipinski definition) is 0. The van der Waals surface area contributed by atoms with E-state index in [-0.39, 0.29) is 11.4 Å². The van der Waals surface area contributed by atoms with Gasteiger partial charge in [0.1, 0.15) is 0 Å². The van der Waals surface area contributed by atoms with Gasteiger partial charge in [-0.1, -0.05) is 36.4 Å². The lowest BCUT2D eigenvalue weighted by Gasteiger charge is -2.40. The summed E-state index contributed by atoms with van der Waals surface area (Å²) >= 11 is 0. The summed E-state index contributed by atoms with van der Waals surface area (Å²) in [4.78, 5) is 12.7. The van der Waals surface area contributed by atoms with Gasteiger partial charge in [-0.3, -0.25) is 4.79 Å². The van der Waals surface area contributed by atoms with E-state index in [0.29, 0.717) is 6.42 Å². The van der Waals surface area contributed by atoms with Crippen molar-refractivity contribution in [2.24, 2.45) is 0 Å². The van der Waals surface area contributed by atoms with Crippen LogP contribution in [0.25, 0.3) is 10.8 Å². The fourth-order valence-electron chi connectivity index (χ4n) is 3.10. The van der Waals surface area contributed by atoms with Crippen LogP contribution in [0.5, 0.6) is 0 Å². The van der Waals surface area contributed by atoms with Crippen molar-refractivity contribution in [1.29, 1.82) is 0 Å². The molecule has 2 aromatic rings. The number of aryl methyl sites for hydroxylation is 1. The Bertz CT molecular complexity index is 648. The molecule has 2 heteroatoms. The van der Waals surface area contributed by atoms with Crippen molar-refractivity contribution >= 4 is 16.6 Å². The van der Waals surface area contributed by atoms with Crippen LogP contribution in [0.4, 0.5) is 0 Å². The summed E-state index contributed by atoms with van der Waals surface area (Å²) < 4.78 is 5.58. The minimum Gasteiger partial charge on any atom is -0.378 e. The Morgan fingerprint density at radius 3 is 2.45 bits per heavy atom. The fraction of sp³-hybridized carbons (Fsp3) is 0.389. The van der Waals surface area contributed by atoms with Gasteiger partial charge >= 0.3 is 0 Å². The first-order chi connectivity index (χ1) is 9.65. The van der Waals surface area contributed by atoms with Gasteiger partial charge in [0.15, 0.2) is 5.78 Å². The van der Waals surface area contributed by atoms with Gasteiger partial charge in [-0.05, 0) is 42.5 Å². The second-order valence-electron chi connectivity index (χ2n) is 5.82. The summed E-state index contributed by atoms with van der Waals surface area (Å²) in [6.45, 7) is 2.08. The maximum Gasteiger partial charge on any atom is 0.166 e. The molecule has 0 aromatic heterocycles. The van der Waals surface area contributed by atoms with Gasteiger partial charge < -0.3 is 4.74 Å². The Kier molecular flexibility index (Phi) is 3.35. The number of benzene rings is 2. The highest BCUT2D eigenvalue weighted by molar-refractivity contribution is 6.09. The number of fused-ring (bicyclic) bond motifs is 1. The van der Waals surface area contributed by atoms with E-state index in [1.807, 2.05) is 30.3 Å². The maximum atomic E-state index is 12.7. The summed E-state index contributed by atoms with van der Waals surface area (Å²) in [5.74, 6) is 0.197. The third kappa shape index (κ3) is 2.14. The molecule has 0 unspecified atom stereocenters. The molecule has 0 spiro atoms. The quantitative estimate of drug-likeness (QED) is 0.773. The zero-order valence-corrected chi connectivity index (χ0v) is 12.1. The first-order valence-electron chi connectivity index (χ1n) is 7.22. The summed E-state index contributed by atoms with van der Waals surface area (Å²) in [6.07, 6.45) is 3.66. The van der Waals surface area contributed by atoms with Gasteiger partial charge in [0.05, 0.1) is 5.60 Å². The molecule has 0 aliphatic heterocycles. The molecule has 0 N–H and O–H groups in total. The van der Waals surface area contributed by atoms with Crippen molar-refractivity contribution in [3.63, 3.8) is 0 Å². The molecule has 2 aromatic carbocycles. The third-order valence-electron chi connectivity index (χ3n) is 4.62. The van der Waals surface area contributed by atoms with Gasteiger partial charge in [0.25, 0.3) is 0 Å². The van der Waals surface area contributed by atoms with E-state index >= 15 is 0 Å². The molecule has 0 bridgehead atoms. The molecular formula is C18H20O2. The molecule has 0 atom stereocenters. The Morgan fingerprint density at radius 1 is 1.15 bits per heavy atom. The van der Waals surface area contributed by atoms with Crippen LogP contribution in [-0.2, 0) is 4.74 Å². The van der Waals surface area contributed by atoms with E-state index in [1.165, 1.54) is 10.9 Å². The molecule has 0 saturated heterocycles. The molecule has 1 fully saturated rings. The average molecular weight is 268 g/mol. The number of rotatable bonds is 4. The predicted molar refractivity (Wildman–Crippen MR) is 81.2 cm³/mol. The lowest BCUT2D eigenvalue weighted by Crippen LogP contribution is -2.41. The zero-order valence-electron chi connectivity index (χ0n) is 12.1.